The van der Waals surface area contributed by atoms with Gasteiger partial charge in [0.1, 0.15) is 62.5 Å². The van der Waals surface area contributed by atoms with Crippen LogP contribution in [0.2, 0.25) is 0 Å². The molecule has 9 heterocycles. The molecule has 3 aliphatic rings. The standard InChI is InChI=1S/C21H24N4O3.C19H21BrN4O2.C14H12BrN3.C14H13N3.C9H8BrN.S5.S4.S3.S2.H2S/c1-12-7-15(16-9-22-14(3)23-10-16)8-17-19(13(2)26)24-25(20(12)17)11-18(27)28-21(4,5)6;1-11-6-13(14-8-21-12(2)22-9-14)7-15-17(11)24(23-18(15)20)10-16(25)26-19(3,4)5;1-8-3-10(11-5-16-9(2)17-6-11)4-12-13(8)7-18-14(12)15;1-9-3-11(4-12-5-15-8-14(9)12)13-6-16-10(2)17-7-13;1-6-2-8(10)3-7-4-11-5-9(6)7;1-3-5-4-2;1-3-4-2;1-3-2;1-2;/h7-10H,11H2,1-6H3;6-9H,10H2,1-5H3;3-6H,7H2,1-2H3;3-7H,8H2,1-2H3;2-4H,5H2,1H3;;;;;1H2. The molecule has 0 N–H and O–H groups in total. The van der Waals surface area contributed by atoms with E-state index in [1.165, 1.54) is 101 Å². The molecule has 0 unspecified atom stereocenters. The Morgan fingerprint density at radius 2 is 0.791 bits per heavy atom. The zero-order chi connectivity index (χ0) is 84.3. The van der Waals surface area contributed by atoms with Gasteiger partial charge >= 0.3 is 11.9 Å². The average molecular weight is 2020 g/mol. The number of aromatic nitrogens is 12. The van der Waals surface area contributed by atoms with Crippen molar-refractivity contribution in [2.45, 2.75) is 155 Å². The summed E-state index contributed by atoms with van der Waals surface area (Å²) in [4.78, 5) is 83.6. The summed E-state index contributed by atoms with van der Waals surface area (Å²) >= 11 is 43.6. The Hall–Kier alpha value is -6.15. The predicted molar refractivity (Wildman–Crippen MR) is 518 cm³/mol. The molecule has 0 amide bonds. The molecule has 0 saturated carbocycles. The third kappa shape index (κ3) is 30.3. The molecule has 14 rings (SSSR count). The van der Waals surface area contributed by atoms with Crippen LogP contribution in [0.15, 0.2) is 134 Å². The Morgan fingerprint density at radius 3 is 1.17 bits per heavy atom. The zero-order valence-corrected chi connectivity index (χ0v) is 82.4. The molecule has 0 aliphatic carbocycles. The molecular weight excluding hydrogens is 1940 g/mol. The molecule has 20 nitrogen and oxygen atoms in total. The SMILES string of the molecule is CC(=O)c1nn(CC(=O)OC(C)(C)C)c2c(C)cc(-c3cnc(C)nc3)cc12.Cc1cc(Br)cc2c1CN=C2.Cc1ncc(-c2cc(C)c3c(c2)C(Br)=NC3)cn1.Cc1ncc(-c2cc(C)c3c(c2)C=NC3)cn1.Cc1ncc(-c2cc(C)c3c(c2)c(Br)nn3CC(=O)OC(C)(C)C)cn1.S.S=S.S=S=S.S=S=S=S.S=S=S=S=S. The summed E-state index contributed by atoms with van der Waals surface area (Å²) in [7, 11) is 7.21. The number of hydrogen-bond acceptors (Lipinski definition) is 26. The lowest BCUT2D eigenvalue weighted by atomic mass is 9.98. The minimum absolute atomic E-state index is 0. The molecular formula is C77H80Br3N15O5S15. The lowest BCUT2D eigenvalue weighted by Crippen LogP contribution is -2.27. The molecule has 11 aromatic rings. The number of Topliss-reactive ketones (excluding diaryl/α,β-unsaturated/α-hetero) is 1. The van der Waals surface area contributed by atoms with E-state index in [9.17, 15) is 14.4 Å². The highest BCUT2D eigenvalue weighted by atomic mass is 79.9. The van der Waals surface area contributed by atoms with Crippen molar-refractivity contribution >= 4 is 261 Å². The number of carbonyl (C=O) groups excluding carboxylic acids is 3. The quantitative estimate of drug-likeness (QED) is 0.0962. The minimum Gasteiger partial charge on any atom is -0.459 e. The van der Waals surface area contributed by atoms with E-state index >= 15 is 0 Å². The van der Waals surface area contributed by atoms with Crippen LogP contribution < -0.4 is 0 Å². The Labute approximate surface area is 759 Å². The summed E-state index contributed by atoms with van der Waals surface area (Å²) in [5.74, 6) is 2.14. The van der Waals surface area contributed by atoms with E-state index in [-0.39, 0.29) is 38.3 Å². The van der Waals surface area contributed by atoms with E-state index in [2.05, 4.69) is 266 Å². The van der Waals surface area contributed by atoms with Crippen LogP contribution in [0.3, 0.4) is 0 Å². The number of ketones is 1. The van der Waals surface area contributed by atoms with Crippen molar-refractivity contribution in [3.63, 3.8) is 0 Å². The van der Waals surface area contributed by atoms with Crippen molar-refractivity contribution in [2.24, 2.45) is 15.0 Å². The van der Waals surface area contributed by atoms with Crippen molar-refractivity contribution in [3.05, 3.63) is 210 Å². The Kier molecular flexibility index (Phi) is 41.7. The third-order valence-corrected chi connectivity index (χ3v) is 24.7. The summed E-state index contributed by atoms with van der Waals surface area (Å²) in [5.41, 5.74) is 22.4. The van der Waals surface area contributed by atoms with Gasteiger partial charge in [0.15, 0.2) is 5.78 Å². The maximum absolute atomic E-state index is 12.3. The molecule has 0 bridgehead atoms. The summed E-state index contributed by atoms with van der Waals surface area (Å²) in [6.45, 7) is 32.7. The molecule has 5 aromatic carbocycles. The first-order chi connectivity index (χ1) is 54.1. The average Bonchev–Trinajstić information content (AvgIpc) is 1.63. The fraction of sp³-hybridized carbons (Fsp3) is 0.299. The molecule has 604 valence electrons. The zero-order valence-electron chi connectivity index (χ0n) is 65.2. The van der Waals surface area contributed by atoms with Gasteiger partial charge in [-0.05, 0) is 262 Å². The van der Waals surface area contributed by atoms with Gasteiger partial charge in [-0.15, -0.1) is 0 Å². The fourth-order valence-corrected chi connectivity index (χ4v) is 15.9. The van der Waals surface area contributed by atoms with Crippen molar-refractivity contribution in [1.29, 1.82) is 0 Å². The first kappa shape index (κ1) is 99.4. The molecule has 0 radical (unpaired) electrons. The smallest absolute Gasteiger partial charge is 0.328 e. The van der Waals surface area contributed by atoms with Crippen LogP contribution in [0.5, 0.6) is 0 Å². The summed E-state index contributed by atoms with van der Waals surface area (Å²) < 4.78 is 16.8. The van der Waals surface area contributed by atoms with Gasteiger partial charge in [-0.25, -0.2) is 39.9 Å². The number of nitrogens with zero attached hydrogens (tertiary/aromatic N) is 15. The number of esters is 2. The van der Waals surface area contributed by atoms with Gasteiger partial charge in [-0.1, -0.05) is 28.1 Å². The normalized spacial score (nSPS) is 11.3. The highest BCUT2D eigenvalue weighted by Crippen LogP contribution is 2.35. The van der Waals surface area contributed by atoms with Gasteiger partial charge in [0, 0.05) is 255 Å². The van der Waals surface area contributed by atoms with E-state index in [1.54, 1.807) is 21.8 Å². The van der Waals surface area contributed by atoms with Gasteiger partial charge in [-0.3, -0.25) is 38.7 Å². The van der Waals surface area contributed by atoms with Crippen molar-refractivity contribution < 1.29 is 23.9 Å². The number of aliphatic imine (C=N–C) groups is 3. The number of carbonyl (C=O) groups is 3. The minimum atomic E-state index is -0.586. The van der Waals surface area contributed by atoms with Gasteiger partial charge in [0.25, 0.3) is 0 Å². The summed E-state index contributed by atoms with van der Waals surface area (Å²) in [6.07, 6.45) is 18.5. The molecule has 0 saturated heterocycles. The van der Waals surface area contributed by atoms with Crippen LogP contribution >= 0.6 is 61.3 Å². The molecule has 0 fully saturated rings. The molecule has 115 heavy (non-hydrogen) atoms. The summed E-state index contributed by atoms with van der Waals surface area (Å²) in [5, 5.41) is 10.5. The number of aryl methyl sites for hydroxylation is 9. The predicted octanol–water partition coefficient (Wildman–Crippen LogP) is 16.7. The molecule has 6 aromatic heterocycles. The highest BCUT2D eigenvalue weighted by molar-refractivity contribution is 9.18. The number of hydrogen-bond donors (Lipinski definition) is 0. The van der Waals surface area contributed by atoms with Crippen LogP contribution in [0, 0.1) is 62.3 Å². The fourth-order valence-electron chi connectivity index (χ4n) is 11.6. The highest BCUT2D eigenvalue weighted by Gasteiger charge is 2.25. The van der Waals surface area contributed by atoms with Crippen LogP contribution in [0.25, 0.3) is 66.3 Å². The van der Waals surface area contributed by atoms with Crippen molar-refractivity contribution in [1.82, 2.24) is 59.4 Å². The van der Waals surface area contributed by atoms with Gasteiger partial charge in [-0.2, -0.15) is 23.7 Å². The third-order valence-electron chi connectivity index (χ3n) is 16.3. The maximum Gasteiger partial charge on any atom is 0.328 e. The second-order valence-corrected chi connectivity index (χ2v) is 40.1. The van der Waals surface area contributed by atoms with Gasteiger partial charge in [0.2, 0.25) is 0 Å². The van der Waals surface area contributed by atoms with E-state index in [0.29, 0.717) is 21.5 Å². The largest absolute Gasteiger partial charge is 0.459 e. The number of fused-ring (bicyclic) bond motifs is 5. The van der Waals surface area contributed by atoms with Gasteiger partial charge < -0.3 is 9.47 Å². The number of rotatable bonds is 9. The van der Waals surface area contributed by atoms with E-state index in [1.807, 2.05) is 151 Å². The first-order valence-corrected chi connectivity index (χ1v) is 49.8. The number of benzene rings is 5. The van der Waals surface area contributed by atoms with Crippen molar-refractivity contribution in [3.8, 4) is 44.5 Å². The maximum atomic E-state index is 12.3. The first-order valence-electron chi connectivity index (χ1n) is 34.1. The van der Waals surface area contributed by atoms with Crippen LogP contribution in [0.4, 0.5) is 0 Å². The number of ether oxygens (including phenoxy) is 2. The molecule has 0 atom stereocenters. The lowest BCUT2D eigenvalue weighted by molar-refractivity contribution is -0.156. The van der Waals surface area contributed by atoms with Crippen LogP contribution in [-0.4, -0.2) is 105 Å². The van der Waals surface area contributed by atoms with Crippen LogP contribution in [-0.2, 0) is 195 Å². The lowest BCUT2D eigenvalue weighted by Gasteiger charge is -2.19. The Morgan fingerprint density at radius 1 is 0.443 bits per heavy atom. The Bertz CT molecular complexity index is 5690. The van der Waals surface area contributed by atoms with Crippen LogP contribution in [0.1, 0.15) is 143 Å². The summed E-state index contributed by atoms with van der Waals surface area (Å²) in [6, 6.07) is 20.9. The monoisotopic (exact) mass is 2010 g/mol. The van der Waals surface area contributed by atoms with Gasteiger partial charge in [0.05, 0.1) is 30.7 Å². The molecule has 3 aliphatic heterocycles. The Balaban J connectivity index is 0.000000251. The van der Waals surface area contributed by atoms with Crippen molar-refractivity contribution in [2.75, 3.05) is 0 Å². The second-order valence-electron chi connectivity index (χ2n) is 27.1. The topological polar surface area (TPSA) is 246 Å². The van der Waals surface area contributed by atoms with E-state index in [0.717, 1.165) is 127 Å². The molecule has 0 spiro atoms. The van der Waals surface area contributed by atoms with E-state index in [4.69, 9.17) is 9.47 Å². The van der Waals surface area contributed by atoms with E-state index < -0.39 is 17.2 Å². The number of halogens is 3. The second kappa shape index (κ2) is 48.2. The molecule has 38 heteroatoms.